The van der Waals surface area contributed by atoms with Crippen molar-refractivity contribution in [2.75, 3.05) is 6.61 Å². The Bertz CT molecular complexity index is 1200. The van der Waals surface area contributed by atoms with Crippen molar-refractivity contribution in [1.29, 1.82) is 0 Å². The van der Waals surface area contributed by atoms with Crippen molar-refractivity contribution in [3.8, 4) is 11.1 Å². The summed E-state index contributed by atoms with van der Waals surface area (Å²) >= 11 is 0. The van der Waals surface area contributed by atoms with Gasteiger partial charge in [0.1, 0.15) is 6.61 Å². The second-order valence-electron chi connectivity index (χ2n) is 8.92. The third-order valence-corrected chi connectivity index (χ3v) is 6.37. The molecule has 7 heteroatoms. The first-order valence-corrected chi connectivity index (χ1v) is 11.5. The van der Waals surface area contributed by atoms with E-state index in [9.17, 15) is 19.5 Å². The van der Waals surface area contributed by atoms with Crippen LogP contribution in [0.2, 0.25) is 0 Å². The molecule has 2 amide bonds. The molecular weight excluding hydrogens is 444 g/mol. The smallest absolute Gasteiger partial charge is 0.407 e. The summed E-state index contributed by atoms with van der Waals surface area (Å²) in [4.78, 5) is 37.0. The number of carboxylic acid groups (broad SMARTS) is 1. The van der Waals surface area contributed by atoms with Crippen LogP contribution in [0.1, 0.15) is 42.9 Å². The van der Waals surface area contributed by atoms with Crippen molar-refractivity contribution >= 4 is 18.0 Å². The summed E-state index contributed by atoms with van der Waals surface area (Å²) in [6.07, 6.45) is -0.726. The predicted octanol–water partition coefficient (Wildman–Crippen LogP) is 4.42. The third-order valence-electron chi connectivity index (χ3n) is 6.37. The summed E-state index contributed by atoms with van der Waals surface area (Å²) in [6.45, 7) is 3.28. The largest absolute Gasteiger partial charge is 0.479 e. The van der Waals surface area contributed by atoms with Crippen molar-refractivity contribution in [2.45, 2.75) is 37.8 Å². The molecule has 0 bridgehead atoms. The molecule has 0 heterocycles. The van der Waals surface area contributed by atoms with Crippen LogP contribution in [0, 0.1) is 0 Å². The monoisotopic (exact) mass is 472 g/mol. The van der Waals surface area contributed by atoms with Crippen LogP contribution in [0.5, 0.6) is 0 Å². The molecule has 2 atom stereocenters. The Labute approximate surface area is 204 Å². The zero-order chi connectivity index (χ0) is 25.0. The van der Waals surface area contributed by atoms with Gasteiger partial charge in [-0.05, 0) is 41.7 Å². The molecule has 0 aromatic heterocycles. The lowest BCUT2D eigenvalue weighted by molar-refractivity contribution is -0.147. The number of carboxylic acids is 1. The highest BCUT2D eigenvalue weighted by atomic mass is 16.5. The van der Waals surface area contributed by atoms with E-state index in [1.807, 2.05) is 36.4 Å². The molecular formula is C28H28N2O5. The van der Waals surface area contributed by atoms with Crippen molar-refractivity contribution < 1.29 is 24.2 Å². The second-order valence-corrected chi connectivity index (χ2v) is 8.92. The first-order valence-electron chi connectivity index (χ1n) is 11.5. The number of hydrogen-bond acceptors (Lipinski definition) is 4. The van der Waals surface area contributed by atoms with E-state index >= 15 is 0 Å². The normalized spacial score (nSPS) is 14.7. The van der Waals surface area contributed by atoms with Crippen LogP contribution in [0.15, 0.2) is 78.9 Å². The molecule has 1 aliphatic carbocycles. The van der Waals surface area contributed by atoms with Crippen molar-refractivity contribution in [1.82, 2.24) is 10.6 Å². The minimum atomic E-state index is -1.58. The number of amides is 2. The van der Waals surface area contributed by atoms with Crippen LogP contribution >= 0.6 is 0 Å². The Balaban J connectivity index is 1.33. The molecule has 0 saturated carbocycles. The maximum absolute atomic E-state index is 12.6. The number of aliphatic carboxylic acids is 1. The summed E-state index contributed by atoms with van der Waals surface area (Å²) in [6, 6.07) is 24.1. The van der Waals surface area contributed by atoms with E-state index in [2.05, 4.69) is 22.8 Å². The fourth-order valence-electron chi connectivity index (χ4n) is 4.52. The lowest BCUT2D eigenvalue weighted by Crippen LogP contribution is -2.51. The van der Waals surface area contributed by atoms with Gasteiger partial charge in [-0.25, -0.2) is 9.59 Å². The molecule has 7 nitrogen and oxygen atoms in total. The Morgan fingerprint density at radius 2 is 1.46 bits per heavy atom. The summed E-state index contributed by atoms with van der Waals surface area (Å²) in [5.41, 5.74) is 3.38. The molecule has 0 spiro atoms. The first-order chi connectivity index (χ1) is 16.8. The van der Waals surface area contributed by atoms with Gasteiger partial charge in [0.15, 0.2) is 5.54 Å². The molecule has 3 aromatic rings. The van der Waals surface area contributed by atoms with Gasteiger partial charge >= 0.3 is 12.1 Å². The number of fused-ring (bicyclic) bond motifs is 3. The van der Waals surface area contributed by atoms with Gasteiger partial charge < -0.3 is 20.5 Å². The average Bonchev–Trinajstić information content (AvgIpc) is 3.16. The average molecular weight is 473 g/mol. The quantitative estimate of drug-likeness (QED) is 0.450. The molecule has 0 saturated heterocycles. The molecule has 180 valence electrons. The summed E-state index contributed by atoms with van der Waals surface area (Å²) in [5, 5.41) is 15.0. The maximum Gasteiger partial charge on any atom is 0.407 e. The number of hydrogen-bond donors (Lipinski definition) is 3. The van der Waals surface area contributed by atoms with E-state index in [4.69, 9.17) is 4.74 Å². The van der Waals surface area contributed by atoms with Gasteiger partial charge in [0.05, 0.1) is 0 Å². The topological polar surface area (TPSA) is 105 Å². The number of ether oxygens (including phenoxy) is 1. The molecule has 1 aliphatic rings. The summed E-state index contributed by atoms with van der Waals surface area (Å²) in [5.74, 6) is -1.73. The lowest BCUT2D eigenvalue weighted by atomic mass is 9.91. The van der Waals surface area contributed by atoms with Crippen LogP contribution in [0.3, 0.4) is 0 Å². The van der Waals surface area contributed by atoms with Crippen molar-refractivity contribution in [3.05, 3.63) is 95.6 Å². The van der Waals surface area contributed by atoms with E-state index in [0.717, 1.165) is 22.3 Å². The molecule has 0 aliphatic heterocycles. The molecule has 3 aromatic carbocycles. The SMILES string of the molecule is CC(CC(=O)NC(C)(C(=O)O)c1ccccc1)NC(=O)OCC1c2ccccc2-c2ccccc21. The number of rotatable bonds is 8. The zero-order valence-corrected chi connectivity index (χ0v) is 19.7. The third kappa shape index (κ3) is 5.04. The minimum Gasteiger partial charge on any atom is -0.479 e. The van der Waals surface area contributed by atoms with Gasteiger partial charge in [-0.2, -0.15) is 0 Å². The van der Waals surface area contributed by atoms with Gasteiger partial charge in [0.25, 0.3) is 0 Å². The second kappa shape index (κ2) is 10.0. The highest BCUT2D eigenvalue weighted by Gasteiger charge is 2.37. The van der Waals surface area contributed by atoms with Gasteiger partial charge in [0, 0.05) is 18.4 Å². The van der Waals surface area contributed by atoms with Crippen molar-refractivity contribution in [3.63, 3.8) is 0 Å². The number of nitrogens with one attached hydrogen (secondary N) is 2. The minimum absolute atomic E-state index is 0.0612. The standard InChI is InChI=1S/C28H28N2O5/c1-18(16-25(31)30-28(2,26(32)33)19-10-4-3-5-11-19)29-27(34)35-17-24-22-14-8-6-12-20(22)21-13-7-9-15-23(21)24/h3-15,18,24H,16-17H2,1-2H3,(H,29,34)(H,30,31)(H,32,33). The Morgan fingerprint density at radius 3 is 2.03 bits per heavy atom. The zero-order valence-electron chi connectivity index (χ0n) is 19.7. The molecule has 4 rings (SSSR count). The Morgan fingerprint density at radius 1 is 0.914 bits per heavy atom. The van der Waals surface area contributed by atoms with Gasteiger partial charge in [-0.3, -0.25) is 4.79 Å². The van der Waals surface area contributed by atoms with Crippen molar-refractivity contribution in [2.24, 2.45) is 0 Å². The van der Waals surface area contributed by atoms with Gasteiger partial charge in [-0.1, -0.05) is 78.9 Å². The highest BCUT2D eigenvalue weighted by Crippen LogP contribution is 2.44. The number of benzene rings is 3. The lowest BCUT2D eigenvalue weighted by Gasteiger charge is -2.27. The summed E-state index contributed by atoms with van der Waals surface area (Å²) < 4.78 is 5.52. The van der Waals surface area contributed by atoms with Crippen LogP contribution in [0.25, 0.3) is 11.1 Å². The first kappa shape index (κ1) is 24.0. The maximum atomic E-state index is 12.6. The highest BCUT2D eigenvalue weighted by molar-refractivity contribution is 5.88. The number of carbonyl (C=O) groups is 3. The summed E-state index contributed by atoms with van der Waals surface area (Å²) in [7, 11) is 0. The fraction of sp³-hybridized carbons (Fsp3) is 0.250. The van der Waals surface area contributed by atoms with Crippen LogP contribution < -0.4 is 10.6 Å². The van der Waals surface area contributed by atoms with E-state index in [-0.39, 0.29) is 18.9 Å². The van der Waals surface area contributed by atoms with E-state index in [1.54, 1.807) is 37.3 Å². The van der Waals surface area contributed by atoms with E-state index in [0.29, 0.717) is 5.56 Å². The Hall–Kier alpha value is -4.13. The molecule has 0 fully saturated rings. The molecule has 35 heavy (non-hydrogen) atoms. The van der Waals surface area contributed by atoms with Crippen LogP contribution in [0.4, 0.5) is 4.79 Å². The molecule has 3 N–H and O–H groups in total. The predicted molar refractivity (Wildman–Crippen MR) is 132 cm³/mol. The fourth-order valence-corrected chi connectivity index (χ4v) is 4.52. The van der Waals surface area contributed by atoms with E-state index < -0.39 is 29.6 Å². The van der Waals surface area contributed by atoms with Crippen LogP contribution in [-0.4, -0.2) is 35.7 Å². The van der Waals surface area contributed by atoms with Gasteiger partial charge in [0.2, 0.25) is 5.91 Å². The number of alkyl carbamates (subject to hydrolysis) is 1. The number of carbonyl (C=O) groups excluding carboxylic acids is 2. The van der Waals surface area contributed by atoms with Gasteiger partial charge in [-0.15, -0.1) is 0 Å². The van der Waals surface area contributed by atoms with E-state index in [1.165, 1.54) is 6.92 Å². The van der Waals surface area contributed by atoms with Crippen LogP contribution in [-0.2, 0) is 19.9 Å². The molecule has 0 radical (unpaired) electrons. The Kier molecular flexibility index (Phi) is 6.87. The molecule has 2 unspecified atom stereocenters.